The van der Waals surface area contributed by atoms with E-state index in [1.807, 2.05) is 18.2 Å². The van der Waals surface area contributed by atoms with Gasteiger partial charge >= 0.3 is 0 Å². The van der Waals surface area contributed by atoms with Gasteiger partial charge in [-0.3, -0.25) is 0 Å². The molecule has 0 radical (unpaired) electrons. The summed E-state index contributed by atoms with van der Waals surface area (Å²) in [5.74, 6) is 0.941. The first-order valence-electron chi connectivity index (χ1n) is 6.25. The SMILES string of the molecule is CCCC(C)NC(c1ccco1)c1ccc(Cl)s1. The Morgan fingerprint density at radius 1 is 1.39 bits per heavy atom. The van der Waals surface area contributed by atoms with E-state index < -0.39 is 0 Å². The molecular weight excluding hydrogens is 266 g/mol. The quantitative estimate of drug-likeness (QED) is 0.819. The van der Waals surface area contributed by atoms with Crippen LogP contribution in [0.15, 0.2) is 34.9 Å². The van der Waals surface area contributed by atoms with Crippen LogP contribution in [0.3, 0.4) is 0 Å². The molecule has 4 heteroatoms. The number of thiophene rings is 1. The molecule has 0 saturated carbocycles. The van der Waals surface area contributed by atoms with Gasteiger partial charge in [-0.15, -0.1) is 11.3 Å². The Balaban J connectivity index is 2.18. The zero-order chi connectivity index (χ0) is 13.0. The molecule has 2 rings (SSSR count). The third-order valence-electron chi connectivity index (χ3n) is 2.88. The smallest absolute Gasteiger partial charge is 0.126 e. The van der Waals surface area contributed by atoms with Crippen molar-refractivity contribution in [1.29, 1.82) is 0 Å². The van der Waals surface area contributed by atoms with Crippen molar-refractivity contribution >= 4 is 22.9 Å². The van der Waals surface area contributed by atoms with E-state index in [0.29, 0.717) is 6.04 Å². The number of furan rings is 1. The summed E-state index contributed by atoms with van der Waals surface area (Å²) in [5.41, 5.74) is 0. The number of hydrogen-bond acceptors (Lipinski definition) is 3. The average Bonchev–Trinajstić information content (AvgIpc) is 2.97. The molecule has 0 aliphatic heterocycles. The molecule has 2 unspecified atom stereocenters. The van der Waals surface area contributed by atoms with Crippen molar-refractivity contribution < 1.29 is 4.42 Å². The summed E-state index contributed by atoms with van der Waals surface area (Å²) in [6.45, 7) is 4.40. The minimum atomic E-state index is 0.0963. The summed E-state index contributed by atoms with van der Waals surface area (Å²) in [6, 6.07) is 8.47. The van der Waals surface area contributed by atoms with Gasteiger partial charge in [-0.2, -0.15) is 0 Å². The van der Waals surface area contributed by atoms with E-state index in [0.717, 1.165) is 16.5 Å². The van der Waals surface area contributed by atoms with Crippen LogP contribution in [0.5, 0.6) is 0 Å². The van der Waals surface area contributed by atoms with Crippen LogP contribution in [-0.2, 0) is 0 Å². The summed E-state index contributed by atoms with van der Waals surface area (Å²) in [4.78, 5) is 1.19. The summed E-state index contributed by atoms with van der Waals surface area (Å²) >= 11 is 7.62. The predicted molar refractivity (Wildman–Crippen MR) is 77.4 cm³/mol. The molecule has 98 valence electrons. The fourth-order valence-electron chi connectivity index (χ4n) is 2.04. The van der Waals surface area contributed by atoms with E-state index in [1.54, 1.807) is 17.6 Å². The standard InChI is InChI=1S/C14H18ClNOS/c1-3-5-10(2)16-14(11-6-4-9-17-11)12-7-8-13(15)18-12/h4,6-10,14,16H,3,5H2,1-2H3. The van der Waals surface area contributed by atoms with Crippen LogP contribution in [0.2, 0.25) is 4.34 Å². The molecule has 0 aliphatic carbocycles. The maximum atomic E-state index is 6.02. The molecule has 18 heavy (non-hydrogen) atoms. The van der Waals surface area contributed by atoms with Crippen LogP contribution in [0, 0.1) is 0 Å². The zero-order valence-corrected chi connectivity index (χ0v) is 12.2. The fourth-order valence-corrected chi connectivity index (χ4v) is 3.17. The number of halogens is 1. The van der Waals surface area contributed by atoms with Crippen LogP contribution in [-0.4, -0.2) is 6.04 Å². The van der Waals surface area contributed by atoms with Crippen LogP contribution >= 0.6 is 22.9 Å². The Morgan fingerprint density at radius 3 is 2.78 bits per heavy atom. The highest BCUT2D eigenvalue weighted by atomic mass is 35.5. The molecule has 2 aromatic heterocycles. The Kier molecular flexibility index (Phi) is 4.87. The van der Waals surface area contributed by atoms with E-state index in [2.05, 4.69) is 25.2 Å². The molecule has 2 heterocycles. The van der Waals surface area contributed by atoms with Crippen molar-refractivity contribution in [2.45, 2.75) is 38.8 Å². The Hall–Kier alpha value is -0.770. The fraction of sp³-hybridized carbons (Fsp3) is 0.429. The molecule has 0 spiro atoms. The zero-order valence-electron chi connectivity index (χ0n) is 10.7. The van der Waals surface area contributed by atoms with Gasteiger partial charge in [0.15, 0.2) is 0 Å². The summed E-state index contributed by atoms with van der Waals surface area (Å²) in [5, 5.41) is 3.61. The van der Waals surface area contributed by atoms with Gasteiger partial charge in [0, 0.05) is 10.9 Å². The maximum Gasteiger partial charge on any atom is 0.126 e. The van der Waals surface area contributed by atoms with Gasteiger partial charge < -0.3 is 9.73 Å². The highest BCUT2D eigenvalue weighted by molar-refractivity contribution is 7.16. The predicted octanol–water partition coefficient (Wildman–Crippen LogP) is 4.86. The largest absolute Gasteiger partial charge is 0.467 e. The lowest BCUT2D eigenvalue weighted by molar-refractivity contribution is 0.405. The third-order valence-corrected chi connectivity index (χ3v) is 4.18. The van der Waals surface area contributed by atoms with Crippen LogP contribution in [0.4, 0.5) is 0 Å². The first kappa shape index (κ1) is 13.7. The van der Waals surface area contributed by atoms with Crippen molar-refractivity contribution in [3.05, 3.63) is 45.5 Å². The number of hydrogen-bond donors (Lipinski definition) is 1. The van der Waals surface area contributed by atoms with Gasteiger partial charge in [0.2, 0.25) is 0 Å². The van der Waals surface area contributed by atoms with E-state index in [1.165, 1.54) is 11.3 Å². The van der Waals surface area contributed by atoms with E-state index in [4.69, 9.17) is 16.0 Å². The maximum absolute atomic E-state index is 6.02. The molecule has 0 saturated heterocycles. The normalized spacial score (nSPS) is 14.6. The molecule has 1 N–H and O–H groups in total. The van der Waals surface area contributed by atoms with Crippen molar-refractivity contribution in [2.24, 2.45) is 0 Å². The van der Waals surface area contributed by atoms with E-state index in [9.17, 15) is 0 Å². The third kappa shape index (κ3) is 3.37. The van der Waals surface area contributed by atoms with Gasteiger partial charge in [0.25, 0.3) is 0 Å². The highest BCUT2D eigenvalue weighted by Gasteiger charge is 2.20. The van der Waals surface area contributed by atoms with Gasteiger partial charge in [-0.1, -0.05) is 24.9 Å². The molecule has 0 bridgehead atoms. The minimum Gasteiger partial charge on any atom is -0.467 e. The Morgan fingerprint density at radius 2 is 2.22 bits per heavy atom. The second-order valence-electron chi connectivity index (χ2n) is 4.45. The first-order chi connectivity index (χ1) is 8.70. The molecule has 0 aliphatic rings. The highest BCUT2D eigenvalue weighted by Crippen LogP contribution is 2.31. The lowest BCUT2D eigenvalue weighted by atomic mass is 10.1. The van der Waals surface area contributed by atoms with Crippen LogP contribution in [0.25, 0.3) is 0 Å². The topological polar surface area (TPSA) is 25.2 Å². The second-order valence-corrected chi connectivity index (χ2v) is 6.19. The van der Waals surface area contributed by atoms with Crippen molar-refractivity contribution in [2.75, 3.05) is 0 Å². The lowest BCUT2D eigenvalue weighted by Crippen LogP contribution is -2.30. The van der Waals surface area contributed by atoms with Crippen LogP contribution < -0.4 is 5.32 Å². The number of rotatable bonds is 6. The minimum absolute atomic E-state index is 0.0963. The van der Waals surface area contributed by atoms with Gasteiger partial charge in [0.1, 0.15) is 11.8 Å². The number of nitrogens with one attached hydrogen (secondary N) is 1. The molecule has 0 aromatic carbocycles. The van der Waals surface area contributed by atoms with Gasteiger partial charge in [-0.05, 0) is 37.6 Å². The summed E-state index contributed by atoms with van der Waals surface area (Å²) < 4.78 is 6.35. The van der Waals surface area contributed by atoms with E-state index in [-0.39, 0.29) is 6.04 Å². The summed E-state index contributed by atoms with van der Waals surface area (Å²) in [7, 11) is 0. The lowest BCUT2D eigenvalue weighted by Gasteiger charge is -2.20. The second kappa shape index (κ2) is 6.41. The van der Waals surface area contributed by atoms with Crippen LogP contribution in [0.1, 0.15) is 43.4 Å². The molecule has 0 fully saturated rings. The van der Waals surface area contributed by atoms with Crippen molar-refractivity contribution in [3.63, 3.8) is 0 Å². The van der Waals surface area contributed by atoms with Crippen molar-refractivity contribution in [1.82, 2.24) is 5.32 Å². The van der Waals surface area contributed by atoms with Gasteiger partial charge in [-0.25, -0.2) is 0 Å². The first-order valence-corrected chi connectivity index (χ1v) is 7.44. The Labute approximate surface area is 117 Å². The monoisotopic (exact) mass is 283 g/mol. The molecular formula is C14H18ClNOS. The van der Waals surface area contributed by atoms with Gasteiger partial charge in [0.05, 0.1) is 10.6 Å². The Bertz CT molecular complexity index is 466. The summed E-state index contributed by atoms with van der Waals surface area (Å²) in [6.07, 6.45) is 4.03. The average molecular weight is 284 g/mol. The molecule has 2 nitrogen and oxygen atoms in total. The van der Waals surface area contributed by atoms with Crippen molar-refractivity contribution in [3.8, 4) is 0 Å². The molecule has 0 amide bonds. The molecule has 2 atom stereocenters. The molecule has 2 aromatic rings. The van der Waals surface area contributed by atoms with E-state index >= 15 is 0 Å².